The third kappa shape index (κ3) is 12.0. The Morgan fingerprint density at radius 1 is 0.547 bits per heavy atom. The van der Waals surface area contributed by atoms with Crippen molar-refractivity contribution in [1.82, 2.24) is 15.0 Å². The van der Waals surface area contributed by atoms with E-state index in [1.165, 1.54) is 42.5 Å². The van der Waals surface area contributed by atoms with Gasteiger partial charge >= 0.3 is 0 Å². The molecule has 0 bridgehead atoms. The number of benzene rings is 3. The normalized spacial score (nSPS) is 13.7. The second kappa shape index (κ2) is 20.6. The Bertz CT molecular complexity index is 1650. The van der Waals surface area contributed by atoms with E-state index in [-0.39, 0.29) is 94.9 Å². The molecule has 0 amide bonds. The highest BCUT2D eigenvalue weighted by molar-refractivity contribution is 5.74. The molecule has 0 aliphatic heterocycles. The van der Waals surface area contributed by atoms with Gasteiger partial charge in [-0.15, -0.1) is 0 Å². The van der Waals surface area contributed by atoms with Crippen molar-refractivity contribution >= 4 is 0 Å². The summed E-state index contributed by atoms with van der Waals surface area (Å²) in [5, 5.41) is 74.2. The van der Waals surface area contributed by atoms with Crippen LogP contribution in [0.2, 0.25) is 0 Å². The van der Waals surface area contributed by atoms with Gasteiger partial charge in [-0.05, 0) is 61.2 Å². The molecule has 4 unspecified atom stereocenters. The maximum absolute atomic E-state index is 11.1. The van der Waals surface area contributed by atoms with E-state index in [1.54, 1.807) is 19.1 Å². The lowest BCUT2D eigenvalue weighted by molar-refractivity contribution is 0.0113. The van der Waals surface area contributed by atoms with Crippen LogP contribution in [0.4, 0.5) is 0 Å². The lowest BCUT2D eigenvalue weighted by Gasteiger charge is -2.17. The van der Waals surface area contributed by atoms with E-state index >= 15 is 0 Å². The van der Waals surface area contributed by atoms with Gasteiger partial charge in [-0.25, -0.2) is 15.0 Å². The predicted molar refractivity (Wildman–Crippen MR) is 197 cm³/mol. The van der Waals surface area contributed by atoms with Crippen molar-refractivity contribution in [2.45, 2.75) is 77.3 Å². The number of aromatic hydroxyl groups is 3. The Hall–Kier alpha value is -4.57. The van der Waals surface area contributed by atoms with Gasteiger partial charge in [-0.1, -0.05) is 39.7 Å². The maximum atomic E-state index is 11.1. The summed E-state index contributed by atoms with van der Waals surface area (Å²) in [7, 11) is 0. The van der Waals surface area contributed by atoms with E-state index in [2.05, 4.69) is 15.0 Å². The Morgan fingerprint density at radius 3 is 1.34 bits per heavy atom. The average Bonchev–Trinajstić information content (AvgIpc) is 3.15. The highest BCUT2D eigenvalue weighted by Crippen LogP contribution is 2.38. The summed E-state index contributed by atoms with van der Waals surface area (Å²) in [5.74, 6) is -0.259. The number of aliphatic hydroxyl groups is 4. The van der Waals surface area contributed by atoms with Crippen molar-refractivity contribution in [1.29, 1.82) is 0 Å². The molecule has 7 N–H and O–H groups in total. The Balaban J connectivity index is 1.64. The number of unbranched alkanes of at least 4 members (excludes halogenated alkanes) is 2. The molecule has 0 saturated heterocycles. The number of aliphatic hydroxyl groups excluding tert-OH is 4. The zero-order valence-electron chi connectivity index (χ0n) is 30.4. The second-order valence-corrected chi connectivity index (χ2v) is 12.6. The van der Waals surface area contributed by atoms with Gasteiger partial charge in [0, 0.05) is 25.3 Å². The van der Waals surface area contributed by atoms with Crippen LogP contribution in [0.1, 0.15) is 64.5 Å². The SMILES string of the molecule is CCCCOCC(O)COc1ccc(-c2nc(-c3ccc(OCC(O)COCCCC)cc3O)nc(-c3ccc(C(O)C(O)CC)cc3O)n2)c(O)c1. The van der Waals surface area contributed by atoms with Gasteiger partial charge in [0.05, 0.1) is 36.0 Å². The van der Waals surface area contributed by atoms with Gasteiger partial charge in [0.1, 0.15) is 60.3 Å². The molecule has 0 saturated carbocycles. The van der Waals surface area contributed by atoms with Gasteiger partial charge < -0.3 is 54.7 Å². The molecule has 14 heteroatoms. The van der Waals surface area contributed by atoms with Crippen LogP contribution in [0.25, 0.3) is 34.2 Å². The van der Waals surface area contributed by atoms with E-state index in [1.807, 2.05) is 13.8 Å². The fourth-order valence-corrected chi connectivity index (χ4v) is 5.10. The first-order chi connectivity index (χ1) is 25.5. The Kier molecular flexibility index (Phi) is 16.0. The minimum atomic E-state index is -1.23. The molecule has 14 nitrogen and oxygen atoms in total. The molecule has 0 radical (unpaired) electrons. The van der Waals surface area contributed by atoms with Crippen molar-refractivity contribution in [2.75, 3.05) is 39.6 Å². The zero-order valence-corrected chi connectivity index (χ0v) is 30.4. The monoisotopic (exact) mass is 737 g/mol. The molecule has 4 aromatic rings. The summed E-state index contributed by atoms with van der Waals surface area (Å²) in [4.78, 5) is 13.6. The number of ether oxygens (including phenoxy) is 4. The molecular formula is C39H51N3O11. The van der Waals surface area contributed by atoms with Crippen molar-refractivity contribution in [3.8, 4) is 62.9 Å². The van der Waals surface area contributed by atoms with E-state index in [9.17, 15) is 35.7 Å². The zero-order chi connectivity index (χ0) is 38.3. The molecule has 0 fully saturated rings. The third-order valence-electron chi connectivity index (χ3n) is 8.23. The van der Waals surface area contributed by atoms with Gasteiger partial charge in [0.25, 0.3) is 0 Å². The van der Waals surface area contributed by atoms with Crippen LogP contribution < -0.4 is 9.47 Å². The molecule has 4 atom stereocenters. The largest absolute Gasteiger partial charge is 0.507 e. The Labute approximate surface area is 309 Å². The number of rotatable bonds is 22. The quantitative estimate of drug-likeness (QED) is 0.0534. The fourth-order valence-electron chi connectivity index (χ4n) is 5.10. The molecule has 1 heterocycles. The highest BCUT2D eigenvalue weighted by Gasteiger charge is 2.22. The van der Waals surface area contributed by atoms with Gasteiger partial charge in [0.2, 0.25) is 0 Å². The molecule has 0 aliphatic carbocycles. The predicted octanol–water partition coefficient (Wildman–Crippen LogP) is 4.91. The minimum absolute atomic E-state index is 0.00533. The first-order valence-corrected chi connectivity index (χ1v) is 17.9. The molecule has 3 aromatic carbocycles. The number of hydrogen-bond acceptors (Lipinski definition) is 14. The number of nitrogens with zero attached hydrogens (tertiary/aromatic N) is 3. The number of phenols is 3. The van der Waals surface area contributed by atoms with Crippen molar-refractivity contribution < 1.29 is 54.7 Å². The molecule has 4 rings (SSSR count). The molecule has 53 heavy (non-hydrogen) atoms. The molecule has 288 valence electrons. The molecule has 1 aromatic heterocycles. The van der Waals surface area contributed by atoms with Crippen LogP contribution in [0.5, 0.6) is 28.7 Å². The summed E-state index contributed by atoms with van der Waals surface area (Å²) in [5.41, 5.74) is 0.795. The van der Waals surface area contributed by atoms with Crippen molar-refractivity contribution in [2.24, 2.45) is 0 Å². The van der Waals surface area contributed by atoms with Crippen molar-refractivity contribution in [3.63, 3.8) is 0 Å². The summed E-state index contributed by atoms with van der Waals surface area (Å²) in [6, 6.07) is 13.2. The first-order valence-electron chi connectivity index (χ1n) is 17.9. The van der Waals surface area contributed by atoms with E-state index < -0.39 is 24.4 Å². The Morgan fingerprint density at radius 2 is 0.962 bits per heavy atom. The summed E-state index contributed by atoms with van der Waals surface area (Å²) in [6.45, 7) is 7.00. The maximum Gasteiger partial charge on any atom is 0.167 e. The third-order valence-corrected chi connectivity index (χ3v) is 8.23. The highest BCUT2D eigenvalue weighted by atomic mass is 16.5. The second-order valence-electron chi connectivity index (χ2n) is 12.6. The minimum Gasteiger partial charge on any atom is -0.507 e. The lowest BCUT2D eigenvalue weighted by atomic mass is 10.0. The molecule has 0 aliphatic rings. The van der Waals surface area contributed by atoms with Crippen LogP contribution in [-0.4, -0.2) is 109 Å². The average molecular weight is 738 g/mol. The van der Waals surface area contributed by atoms with Gasteiger partial charge in [-0.2, -0.15) is 0 Å². The topological polar surface area (TPSA) is 217 Å². The smallest absolute Gasteiger partial charge is 0.167 e. The van der Waals surface area contributed by atoms with Crippen LogP contribution in [0.3, 0.4) is 0 Å². The summed E-state index contributed by atoms with van der Waals surface area (Å²) < 4.78 is 22.2. The summed E-state index contributed by atoms with van der Waals surface area (Å²) in [6.07, 6.45) is 0.0309. The fraction of sp³-hybridized carbons (Fsp3) is 0.462. The van der Waals surface area contributed by atoms with Gasteiger partial charge in [0.15, 0.2) is 17.5 Å². The van der Waals surface area contributed by atoms with Crippen LogP contribution in [0.15, 0.2) is 54.6 Å². The molecule has 0 spiro atoms. The van der Waals surface area contributed by atoms with Crippen LogP contribution in [-0.2, 0) is 9.47 Å². The summed E-state index contributed by atoms with van der Waals surface area (Å²) >= 11 is 0. The van der Waals surface area contributed by atoms with Crippen molar-refractivity contribution in [3.05, 3.63) is 60.2 Å². The van der Waals surface area contributed by atoms with Crippen LogP contribution >= 0.6 is 0 Å². The standard InChI is InChI=1S/C39H51N3O11/c1-4-7-15-50-20-25(43)22-52-27-10-13-30(34(47)18-27)38-40-37(29-12-9-24(17-33(29)46)36(49)32(45)6-3)41-39(42-38)31-14-11-28(19-35(31)48)53-23-26(44)21-51-16-8-5-2/h9-14,17-19,25-26,32,36,43-49H,4-8,15-16,20-23H2,1-3H3. The van der Waals surface area contributed by atoms with E-state index in [0.29, 0.717) is 19.6 Å². The van der Waals surface area contributed by atoms with Crippen LogP contribution in [0, 0.1) is 0 Å². The first kappa shape index (κ1) is 41.2. The lowest BCUT2D eigenvalue weighted by Crippen LogP contribution is -2.23. The molecular weight excluding hydrogens is 686 g/mol. The number of aromatic nitrogens is 3. The number of hydrogen-bond donors (Lipinski definition) is 7. The van der Waals surface area contributed by atoms with E-state index in [0.717, 1.165) is 25.7 Å². The number of phenolic OH excluding ortho intramolecular Hbond substituents is 3. The van der Waals surface area contributed by atoms with E-state index in [4.69, 9.17) is 18.9 Å². The van der Waals surface area contributed by atoms with Gasteiger partial charge in [-0.3, -0.25) is 0 Å².